The largest absolute Gasteiger partial charge is 0.494 e. The molecule has 0 aromatic heterocycles. The Morgan fingerprint density at radius 2 is 1.90 bits per heavy atom. The van der Waals surface area contributed by atoms with E-state index in [9.17, 15) is 8.42 Å². The molecule has 2 rings (SSSR count). The summed E-state index contributed by atoms with van der Waals surface area (Å²) in [6.07, 6.45) is 0. The number of ether oxygens (including phenoxy) is 1. The van der Waals surface area contributed by atoms with Gasteiger partial charge in [0.25, 0.3) is 10.0 Å². The van der Waals surface area contributed by atoms with E-state index < -0.39 is 10.0 Å². The quantitative estimate of drug-likeness (QED) is 0.921. The van der Waals surface area contributed by atoms with Gasteiger partial charge in [0.2, 0.25) is 0 Å². The first-order valence-electron chi connectivity index (χ1n) is 5.94. The Hall–Kier alpha value is -1.72. The highest BCUT2D eigenvalue weighted by Crippen LogP contribution is 2.20. The predicted octanol–water partition coefficient (Wildman–Crippen LogP) is 3.34. The van der Waals surface area contributed by atoms with Crippen LogP contribution < -0.4 is 9.46 Å². The second-order valence-electron chi connectivity index (χ2n) is 3.93. The number of benzene rings is 2. The van der Waals surface area contributed by atoms with Crippen molar-refractivity contribution in [3.05, 3.63) is 53.6 Å². The molecule has 0 unspecified atom stereocenters. The van der Waals surface area contributed by atoms with Gasteiger partial charge in [-0.1, -0.05) is 11.6 Å². The second-order valence-corrected chi connectivity index (χ2v) is 6.05. The summed E-state index contributed by atoms with van der Waals surface area (Å²) in [5, 5.41) is 0.494. The maximum Gasteiger partial charge on any atom is 0.261 e. The Morgan fingerprint density at radius 3 is 2.45 bits per heavy atom. The first-order chi connectivity index (χ1) is 9.51. The summed E-state index contributed by atoms with van der Waals surface area (Å²) < 4.78 is 32.0. The van der Waals surface area contributed by atoms with Crippen LogP contribution in [-0.2, 0) is 10.0 Å². The van der Waals surface area contributed by atoms with Gasteiger partial charge in [-0.15, -0.1) is 0 Å². The lowest BCUT2D eigenvalue weighted by Gasteiger charge is -2.09. The van der Waals surface area contributed by atoms with E-state index in [2.05, 4.69) is 10.8 Å². The molecule has 0 amide bonds. The molecule has 1 radical (unpaired) electrons. The van der Waals surface area contributed by atoms with Gasteiger partial charge in [-0.25, -0.2) is 8.42 Å². The third kappa shape index (κ3) is 3.65. The molecule has 1 N–H and O–H groups in total. The van der Waals surface area contributed by atoms with Crippen molar-refractivity contribution < 1.29 is 13.2 Å². The van der Waals surface area contributed by atoms with E-state index in [0.717, 1.165) is 0 Å². The van der Waals surface area contributed by atoms with Crippen LogP contribution in [0.4, 0.5) is 5.69 Å². The molecule has 0 spiro atoms. The van der Waals surface area contributed by atoms with Crippen LogP contribution in [0.2, 0.25) is 5.02 Å². The van der Waals surface area contributed by atoms with Crippen molar-refractivity contribution >= 4 is 27.3 Å². The maximum absolute atomic E-state index is 12.2. The third-order valence-corrected chi connectivity index (χ3v) is 4.08. The highest BCUT2D eigenvalue weighted by Gasteiger charge is 2.14. The van der Waals surface area contributed by atoms with Gasteiger partial charge in [0.1, 0.15) is 5.75 Å². The van der Waals surface area contributed by atoms with Crippen molar-refractivity contribution in [3.63, 3.8) is 0 Å². The third-order valence-electron chi connectivity index (χ3n) is 2.46. The molecule has 2 aromatic rings. The number of rotatable bonds is 5. The van der Waals surface area contributed by atoms with E-state index in [1.54, 1.807) is 24.3 Å². The minimum absolute atomic E-state index is 0.157. The molecule has 105 valence electrons. The normalized spacial score (nSPS) is 11.1. The number of anilines is 1. The Morgan fingerprint density at radius 1 is 1.20 bits per heavy atom. The van der Waals surface area contributed by atoms with Crippen molar-refractivity contribution in [1.82, 2.24) is 0 Å². The maximum atomic E-state index is 12.2. The van der Waals surface area contributed by atoms with Gasteiger partial charge >= 0.3 is 0 Å². The molecule has 4 nitrogen and oxygen atoms in total. The number of hydrogen-bond acceptors (Lipinski definition) is 3. The van der Waals surface area contributed by atoms with Crippen LogP contribution in [0.5, 0.6) is 5.75 Å². The van der Waals surface area contributed by atoms with E-state index in [0.29, 0.717) is 23.1 Å². The van der Waals surface area contributed by atoms with Gasteiger partial charge in [0.05, 0.1) is 17.2 Å². The summed E-state index contributed by atoms with van der Waals surface area (Å²) in [5.74, 6) is 0.629. The Bertz CT molecular complexity index is 667. The van der Waals surface area contributed by atoms with Gasteiger partial charge in [0, 0.05) is 11.1 Å². The molecule has 20 heavy (non-hydrogen) atoms. The second kappa shape index (κ2) is 6.15. The lowest BCUT2D eigenvalue weighted by atomic mass is 10.3. The lowest BCUT2D eigenvalue weighted by Crippen LogP contribution is -2.12. The van der Waals surface area contributed by atoms with Gasteiger partial charge in [-0.2, -0.15) is 0 Å². The van der Waals surface area contributed by atoms with Crippen molar-refractivity contribution in [2.75, 3.05) is 11.3 Å². The average Bonchev–Trinajstić information content (AvgIpc) is 2.42. The van der Waals surface area contributed by atoms with Crippen LogP contribution in [-0.4, -0.2) is 15.0 Å². The lowest BCUT2D eigenvalue weighted by molar-refractivity contribution is 0.340. The zero-order valence-corrected chi connectivity index (χ0v) is 12.3. The molecule has 0 atom stereocenters. The highest BCUT2D eigenvalue weighted by molar-refractivity contribution is 7.92. The number of halogens is 1. The Balaban J connectivity index is 2.19. The monoisotopic (exact) mass is 310 g/mol. The zero-order valence-electron chi connectivity index (χ0n) is 10.8. The first kappa shape index (κ1) is 14.7. The van der Waals surface area contributed by atoms with E-state index in [1.807, 2.05) is 6.92 Å². The average molecular weight is 311 g/mol. The van der Waals surface area contributed by atoms with Crippen LogP contribution in [0.3, 0.4) is 0 Å². The highest BCUT2D eigenvalue weighted by atomic mass is 35.5. The standard InChI is InChI=1S/C14H13ClNO3S/c1-2-19-13-7-9-14(10-8-13)20(17,18)16-12-5-3-11(15)4-6-12/h3-5,7-10,16H,2H2,1H3. The molecule has 0 heterocycles. The van der Waals surface area contributed by atoms with E-state index in [1.165, 1.54) is 18.2 Å². The summed E-state index contributed by atoms with van der Waals surface area (Å²) >= 11 is 5.72. The topological polar surface area (TPSA) is 55.4 Å². The summed E-state index contributed by atoms with van der Waals surface area (Å²) in [6.45, 7) is 2.40. The fourth-order valence-corrected chi connectivity index (χ4v) is 2.70. The molecule has 0 aliphatic carbocycles. The van der Waals surface area contributed by atoms with Crippen LogP contribution in [0.25, 0.3) is 0 Å². The predicted molar refractivity (Wildman–Crippen MR) is 78.7 cm³/mol. The fourth-order valence-electron chi connectivity index (χ4n) is 1.55. The van der Waals surface area contributed by atoms with Crippen molar-refractivity contribution in [2.24, 2.45) is 0 Å². The van der Waals surface area contributed by atoms with Gasteiger partial charge in [0.15, 0.2) is 0 Å². The summed E-state index contributed by atoms with van der Waals surface area (Å²) in [4.78, 5) is 0.157. The van der Waals surface area contributed by atoms with Crippen LogP contribution in [0.1, 0.15) is 6.92 Å². The van der Waals surface area contributed by atoms with E-state index in [4.69, 9.17) is 16.3 Å². The van der Waals surface area contributed by atoms with Crippen LogP contribution in [0, 0.1) is 6.07 Å². The molecule has 0 aliphatic rings. The molecule has 6 heteroatoms. The molecular weight excluding hydrogens is 298 g/mol. The summed E-state index contributed by atoms with van der Waals surface area (Å²) in [6, 6.07) is 13.6. The minimum atomic E-state index is -3.64. The molecule has 2 aromatic carbocycles. The smallest absolute Gasteiger partial charge is 0.261 e. The molecule has 0 aliphatic heterocycles. The zero-order chi connectivity index (χ0) is 14.6. The fraction of sp³-hybridized carbons (Fsp3) is 0.143. The van der Waals surface area contributed by atoms with Crippen LogP contribution in [0.15, 0.2) is 47.4 Å². The molecular formula is C14H13ClNO3S. The SMILES string of the molecule is CCOc1ccc(S(=O)(=O)Nc2[c]cc(Cl)cc2)cc1. The number of sulfonamides is 1. The van der Waals surface area contributed by atoms with Crippen molar-refractivity contribution in [1.29, 1.82) is 0 Å². The van der Waals surface area contributed by atoms with Gasteiger partial charge < -0.3 is 4.74 Å². The van der Waals surface area contributed by atoms with Gasteiger partial charge in [-0.3, -0.25) is 4.72 Å². The molecule has 0 saturated carbocycles. The Labute approximate surface area is 123 Å². The van der Waals surface area contributed by atoms with E-state index in [-0.39, 0.29) is 4.90 Å². The number of hydrogen-bond donors (Lipinski definition) is 1. The van der Waals surface area contributed by atoms with Crippen molar-refractivity contribution in [3.8, 4) is 5.75 Å². The van der Waals surface area contributed by atoms with E-state index >= 15 is 0 Å². The van der Waals surface area contributed by atoms with Crippen molar-refractivity contribution in [2.45, 2.75) is 11.8 Å². The Kier molecular flexibility index (Phi) is 4.52. The minimum Gasteiger partial charge on any atom is -0.494 e. The summed E-state index contributed by atoms with van der Waals surface area (Å²) in [5.41, 5.74) is 0.336. The van der Waals surface area contributed by atoms with Gasteiger partial charge in [-0.05, 0) is 49.4 Å². The first-order valence-corrected chi connectivity index (χ1v) is 7.80. The molecule has 0 fully saturated rings. The number of nitrogens with one attached hydrogen (secondary N) is 1. The van der Waals surface area contributed by atoms with Crippen LogP contribution >= 0.6 is 11.6 Å². The summed E-state index contributed by atoms with van der Waals surface area (Å²) in [7, 11) is -3.64. The molecule has 0 saturated heterocycles. The molecule has 0 bridgehead atoms.